The number of imidazole rings is 1. The molecule has 0 radical (unpaired) electrons. The molecule has 0 aliphatic carbocycles. The molecule has 0 spiro atoms. The van der Waals surface area contributed by atoms with Gasteiger partial charge in [-0.05, 0) is 43.7 Å². The average molecular weight is 407 g/mol. The molecule has 30 heavy (non-hydrogen) atoms. The van der Waals surface area contributed by atoms with Gasteiger partial charge in [-0.1, -0.05) is 12.1 Å². The van der Waals surface area contributed by atoms with Crippen LogP contribution in [-0.4, -0.2) is 42.1 Å². The maximum atomic E-state index is 13.5. The van der Waals surface area contributed by atoms with Crippen molar-refractivity contribution in [3.8, 4) is 0 Å². The number of hydrogen-bond acceptors (Lipinski definition) is 5. The summed E-state index contributed by atoms with van der Waals surface area (Å²) in [7, 11) is 0. The van der Waals surface area contributed by atoms with Crippen molar-refractivity contribution in [3.63, 3.8) is 0 Å². The fraction of sp³-hybridized carbons (Fsp3) is 0.318. The molecule has 154 valence electrons. The molecule has 1 aliphatic heterocycles. The number of pyridine rings is 1. The van der Waals surface area contributed by atoms with Crippen LogP contribution in [-0.2, 0) is 13.1 Å². The van der Waals surface area contributed by atoms with Crippen LogP contribution in [0.1, 0.15) is 30.4 Å². The van der Waals surface area contributed by atoms with Crippen LogP contribution in [0, 0.1) is 5.82 Å². The van der Waals surface area contributed by atoms with E-state index in [9.17, 15) is 14.3 Å². The quantitative estimate of drug-likeness (QED) is 0.550. The number of rotatable bonds is 5. The van der Waals surface area contributed by atoms with Gasteiger partial charge in [0.1, 0.15) is 17.3 Å². The van der Waals surface area contributed by atoms with E-state index in [1.165, 1.54) is 12.3 Å². The minimum absolute atomic E-state index is 0.0459. The molecule has 0 saturated carbocycles. The Morgan fingerprint density at radius 2 is 2.00 bits per heavy atom. The molecule has 1 fully saturated rings. The molecule has 8 heteroatoms. The smallest absolute Gasteiger partial charge is 0.261 e. The highest BCUT2D eigenvalue weighted by Crippen LogP contribution is 2.32. The molecule has 3 aromatic heterocycles. The number of benzene rings is 1. The highest BCUT2D eigenvalue weighted by molar-refractivity contribution is 5.77. The molecular formula is C22H22FN5O2. The Morgan fingerprint density at radius 3 is 2.87 bits per heavy atom. The number of nitrogens with zero attached hydrogens (tertiary/aromatic N) is 5. The number of likely N-dealkylation sites (tertiary alicyclic amines) is 1. The van der Waals surface area contributed by atoms with Crippen LogP contribution >= 0.6 is 0 Å². The van der Waals surface area contributed by atoms with E-state index in [1.54, 1.807) is 21.1 Å². The molecule has 4 heterocycles. The number of halogens is 1. The van der Waals surface area contributed by atoms with Crippen molar-refractivity contribution >= 4 is 16.6 Å². The molecule has 1 aromatic carbocycles. The van der Waals surface area contributed by atoms with Gasteiger partial charge in [0.05, 0.1) is 35.8 Å². The number of fused-ring (bicyclic) bond motifs is 2. The Morgan fingerprint density at radius 1 is 1.13 bits per heavy atom. The van der Waals surface area contributed by atoms with Crippen LogP contribution in [0.15, 0.2) is 53.6 Å². The molecule has 1 aliphatic rings. The first-order chi connectivity index (χ1) is 14.6. The summed E-state index contributed by atoms with van der Waals surface area (Å²) in [5, 5.41) is 10.1. The van der Waals surface area contributed by atoms with E-state index in [0.29, 0.717) is 28.9 Å². The van der Waals surface area contributed by atoms with Crippen molar-refractivity contribution in [3.05, 3.63) is 76.5 Å². The molecule has 1 unspecified atom stereocenters. The lowest BCUT2D eigenvalue weighted by Crippen LogP contribution is -2.33. The van der Waals surface area contributed by atoms with Crippen molar-refractivity contribution in [1.82, 2.24) is 23.8 Å². The molecule has 1 N–H and O–H groups in total. The van der Waals surface area contributed by atoms with Gasteiger partial charge in [-0.15, -0.1) is 0 Å². The molecule has 5 rings (SSSR count). The maximum absolute atomic E-state index is 13.5. The molecule has 7 nitrogen and oxygen atoms in total. The van der Waals surface area contributed by atoms with Crippen LogP contribution in [0.5, 0.6) is 0 Å². The zero-order valence-electron chi connectivity index (χ0n) is 16.4. The van der Waals surface area contributed by atoms with Crippen molar-refractivity contribution in [2.45, 2.75) is 32.0 Å². The van der Waals surface area contributed by atoms with Crippen molar-refractivity contribution in [2.75, 3.05) is 13.2 Å². The van der Waals surface area contributed by atoms with Gasteiger partial charge in [-0.2, -0.15) is 0 Å². The normalized spacial score (nSPS) is 17.3. The Bertz CT molecular complexity index is 1280. The van der Waals surface area contributed by atoms with E-state index in [4.69, 9.17) is 4.98 Å². The van der Waals surface area contributed by atoms with Crippen LogP contribution in [0.2, 0.25) is 0 Å². The molecule has 1 atom stereocenters. The van der Waals surface area contributed by atoms with E-state index in [1.807, 2.05) is 24.4 Å². The maximum Gasteiger partial charge on any atom is 0.261 e. The topological polar surface area (TPSA) is 75.7 Å². The van der Waals surface area contributed by atoms with Crippen LogP contribution < -0.4 is 5.56 Å². The van der Waals surface area contributed by atoms with Gasteiger partial charge in [0, 0.05) is 18.9 Å². The summed E-state index contributed by atoms with van der Waals surface area (Å²) in [6, 6.07) is 10.3. The lowest BCUT2D eigenvalue weighted by molar-refractivity contribution is 0.221. The summed E-state index contributed by atoms with van der Waals surface area (Å²) < 4.78 is 16.8. The number of para-hydroxylation sites is 1. The summed E-state index contributed by atoms with van der Waals surface area (Å²) in [6.07, 6.45) is 5.10. The van der Waals surface area contributed by atoms with Gasteiger partial charge in [0.25, 0.3) is 5.56 Å². The van der Waals surface area contributed by atoms with Gasteiger partial charge < -0.3 is 9.51 Å². The van der Waals surface area contributed by atoms with E-state index >= 15 is 0 Å². The lowest BCUT2D eigenvalue weighted by atomic mass is 10.1. The Balaban J connectivity index is 1.53. The molecular weight excluding hydrogens is 385 g/mol. The number of hydrogen-bond donors (Lipinski definition) is 1. The largest absolute Gasteiger partial charge is 0.395 e. The third kappa shape index (κ3) is 3.28. The first kappa shape index (κ1) is 18.9. The third-order valence-corrected chi connectivity index (χ3v) is 5.71. The van der Waals surface area contributed by atoms with Crippen molar-refractivity contribution < 1.29 is 9.50 Å². The Kier molecular flexibility index (Phi) is 4.80. The van der Waals surface area contributed by atoms with Crippen molar-refractivity contribution in [1.29, 1.82) is 0 Å². The first-order valence-electron chi connectivity index (χ1n) is 10.1. The second-order valence-corrected chi connectivity index (χ2v) is 7.64. The van der Waals surface area contributed by atoms with E-state index in [2.05, 4.69) is 9.88 Å². The zero-order valence-corrected chi connectivity index (χ0v) is 16.4. The zero-order chi connectivity index (χ0) is 20.7. The second-order valence-electron chi connectivity index (χ2n) is 7.64. The molecule has 4 aromatic rings. The lowest BCUT2D eigenvalue weighted by Gasteiger charge is -2.25. The minimum atomic E-state index is -0.307. The van der Waals surface area contributed by atoms with E-state index in [0.717, 1.165) is 25.1 Å². The number of aliphatic hydroxyl groups is 1. The summed E-state index contributed by atoms with van der Waals surface area (Å²) in [5.41, 5.74) is 2.08. The predicted molar refractivity (Wildman–Crippen MR) is 111 cm³/mol. The van der Waals surface area contributed by atoms with Crippen LogP contribution in [0.25, 0.3) is 16.6 Å². The third-order valence-electron chi connectivity index (χ3n) is 5.71. The van der Waals surface area contributed by atoms with Crippen molar-refractivity contribution in [2.24, 2.45) is 0 Å². The highest BCUT2D eigenvalue weighted by atomic mass is 19.1. The number of aliphatic hydroxyl groups excluding tert-OH is 1. The van der Waals surface area contributed by atoms with E-state index < -0.39 is 0 Å². The first-order valence-corrected chi connectivity index (χ1v) is 10.1. The monoisotopic (exact) mass is 407 g/mol. The van der Waals surface area contributed by atoms with Gasteiger partial charge in [0.15, 0.2) is 0 Å². The predicted octanol–water partition coefficient (Wildman–Crippen LogP) is 2.51. The van der Waals surface area contributed by atoms with Gasteiger partial charge in [-0.3, -0.25) is 14.3 Å². The highest BCUT2D eigenvalue weighted by Gasteiger charge is 2.30. The van der Waals surface area contributed by atoms with Gasteiger partial charge in [0.2, 0.25) is 0 Å². The van der Waals surface area contributed by atoms with Gasteiger partial charge in [-0.25, -0.2) is 14.4 Å². The summed E-state index contributed by atoms with van der Waals surface area (Å²) >= 11 is 0. The standard InChI is InChI=1S/C22H22FN5O2/c23-15-7-8-20-24-16(14-27(20)12-15)13-26-9-3-6-19(26)21-25-18-5-2-1-4-17(18)22(30)28(21)10-11-29/h1-2,4-5,7-8,12,14,19,29H,3,6,9-11,13H2. The Hall–Kier alpha value is -3.10. The summed E-state index contributed by atoms with van der Waals surface area (Å²) in [4.78, 5) is 24.7. The molecule has 1 saturated heterocycles. The minimum Gasteiger partial charge on any atom is -0.395 e. The average Bonchev–Trinajstić information content (AvgIpc) is 3.36. The summed E-state index contributed by atoms with van der Waals surface area (Å²) in [6.45, 7) is 1.52. The fourth-order valence-electron chi connectivity index (χ4n) is 4.36. The SMILES string of the molecule is O=c1c2ccccc2nc(C2CCCN2Cc2cn3cc(F)ccc3n2)n1CCO. The van der Waals surface area contributed by atoms with Crippen LogP contribution in [0.3, 0.4) is 0 Å². The second kappa shape index (κ2) is 7.62. The number of aromatic nitrogens is 4. The summed E-state index contributed by atoms with van der Waals surface area (Å²) in [5.74, 6) is 0.374. The fourth-order valence-corrected chi connectivity index (χ4v) is 4.36. The van der Waals surface area contributed by atoms with Gasteiger partial charge >= 0.3 is 0 Å². The molecule has 0 bridgehead atoms. The van der Waals surface area contributed by atoms with E-state index in [-0.39, 0.29) is 30.6 Å². The Labute approximate surface area is 172 Å². The van der Waals surface area contributed by atoms with Crippen LogP contribution in [0.4, 0.5) is 4.39 Å². The molecule has 0 amide bonds.